The third-order valence-corrected chi connectivity index (χ3v) is 4.74. The Morgan fingerprint density at radius 3 is 2.47 bits per heavy atom. The molecule has 0 aliphatic rings. The number of ether oxygens (including phenoxy) is 1. The number of methoxy groups -OCH3 is 1. The molecule has 1 N–H and O–H groups in total. The highest BCUT2D eigenvalue weighted by atomic mass is 16.5. The molecule has 0 radical (unpaired) electrons. The van der Waals surface area contributed by atoms with Crippen molar-refractivity contribution in [3.8, 4) is 22.7 Å². The smallest absolute Gasteiger partial charge is 0.255 e. The van der Waals surface area contributed by atoms with E-state index in [2.05, 4.69) is 10.3 Å². The number of nitrogens with zero attached hydrogens (tertiary/aromatic N) is 3. The number of pyridine rings is 1. The predicted molar refractivity (Wildman–Crippen MR) is 116 cm³/mol. The summed E-state index contributed by atoms with van der Waals surface area (Å²) in [5.74, 6) is 0.585. The number of hydrogen-bond acceptors (Lipinski definition) is 4. The fraction of sp³-hybridized carbons (Fsp3) is 0.125. The van der Waals surface area contributed by atoms with Crippen molar-refractivity contribution in [3.05, 3.63) is 96.4 Å². The third-order valence-electron chi connectivity index (χ3n) is 4.74. The van der Waals surface area contributed by atoms with Crippen LogP contribution in [0.4, 0.5) is 0 Å². The summed E-state index contributed by atoms with van der Waals surface area (Å²) in [6.45, 7) is 0.494. The Labute approximate surface area is 175 Å². The average Bonchev–Trinajstić information content (AvgIpc) is 3.26. The molecular weight excluding hydrogens is 376 g/mol. The first-order valence-electron chi connectivity index (χ1n) is 9.72. The Morgan fingerprint density at radius 1 is 1.00 bits per heavy atom. The first kappa shape index (κ1) is 19.4. The van der Waals surface area contributed by atoms with Crippen molar-refractivity contribution < 1.29 is 9.53 Å². The first-order valence-corrected chi connectivity index (χ1v) is 9.72. The lowest BCUT2D eigenvalue weighted by molar-refractivity contribution is 0.0954. The summed E-state index contributed by atoms with van der Waals surface area (Å²) in [6.07, 6.45) is 4.19. The highest BCUT2D eigenvalue weighted by Gasteiger charge is 2.18. The maximum absolute atomic E-state index is 13.0. The van der Waals surface area contributed by atoms with Crippen LogP contribution in [0.25, 0.3) is 16.9 Å². The van der Waals surface area contributed by atoms with Crippen LogP contribution in [0.5, 0.6) is 5.75 Å². The lowest BCUT2D eigenvalue weighted by Gasteiger charge is -2.06. The second kappa shape index (κ2) is 9.05. The molecule has 0 aliphatic heterocycles. The van der Waals surface area contributed by atoms with Crippen LogP contribution in [0.3, 0.4) is 0 Å². The number of amides is 1. The summed E-state index contributed by atoms with van der Waals surface area (Å²) in [5, 5.41) is 7.68. The normalized spacial score (nSPS) is 10.6. The molecule has 2 aromatic heterocycles. The lowest BCUT2D eigenvalue weighted by atomic mass is 10.1. The van der Waals surface area contributed by atoms with Gasteiger partial charge in [0.1, 0.15) is 11.4 Å². The molecule has 1 amide bonds. The number of para-hydroxylation sites is 1. The fourth-order valence-electron chi connectivity index (χ4n) is 3.16. The molecular formula is C24H22N4O2. The van der Waals surface area contributed by atoms with Gasteiger partial charge in [0, 0.05) is 36.6 Å². The van der Waals surface area contributed by atoms with Gasteiger partial charge in [-0.05, 0) is 48.5 Å². The maximum Gasteiger partial charge on any atom is 0.255 e. The van der Waals surface area contributed by atoms with Crippen LogP contribution in [0, 0.1) is 0 Å². The van der Waals surface area contributed by atoms with Gasteiger partial charge in [0.05, 0.1) is 18.4 Å². The zero-order valence-corrected chi connectivity index (χ0v) is 16.7. The molecule has 4 aromatic rings. The minimum Gasteiger partial charge on any atom is -0.497 e. The molecule has 2 aromatic carbocycles. The SMILES string of the molecule is COc1ccc(-c2nn(-c3ccccc3)cc2C(=O)NCCc2ccccn2)cc1. The molecule has 0 saturated heterocycles. The lowest BCUT2D eigenvalue weighted by Crippen LogP contribution is -2.26. The largest absolute Gasteiger partial charge is 0.497 e. The zero-order chi connectivity index (χ0) is 20.8. The van der Waals surface area contributed by atoms with E-state index < -0.39 is 0 Å². The number of benzene rings is 2. The predicted octanol–water partition coefficient (Wildman–Crippen LogP) is 3.92. The number of carbonyl (C=O) groups excluding carboxylic acids is 1. The molecule has 0 bridgehead atoms. The second-order valence-corrected chi connectivity index (χ2v) is 6.73. The van der Waals surface area contributed by atoms with Crippen LogP contribution in [0.1, 0.15) is 16.1 Å². The minimum absolute atomic E-state index is 0.168. The van der Waals surface area contributed by atoms with Crippen LogP contribution in [0.2, 0.25) is 0 Å². The molecule has 4 rings (SSSR count). The fourth-order valence-corrected chi connectivity index (χ4v) is 3.16. The maximum atomic E-state index is 13.0. The molecule has 0 aliphatic carbocycles. The third kappa shape index (κ3) is 4.38. The number of hydrogen-bond donors (Lipinski definition) is 1. The minimum atomic E-state index is -0.168. The Hall–Kier alpha value is -3.93. The molecule has 0 atom stereocenters. The number of carbonyl (C=O) groups is 1. The number of nitrogens with one attached hydrogen (secondary N) is 1. The van der Waals surface area contributed by atoms with Crippen LogP contribution in [-0.2, 0) is 6.42 Å². The summed E-state index contributed by atoms with van der Waals surface area (Å²) in [5.41, 5.74) is 3.81. The van der Waals surface area contributed by atoms with Crippen LogP contribution < -0.4 is 10.1 Å². The zero-order valence-electron chi connectivity index (χ0n) is 16.7. The molecule has 0 fully saturated rings. The van der Waals surface area contributed by atoms with Gasteiger partial charge >= 0.3 is 0 Å². The van der Waals surface area contributed by atoms with Gasteiger partial charge in [-0.15, -0.1) is 0 Å². The molecule has 30 heavy (non-hydrogen) atoms. The molecule has 2 heterocycles. The van der Waals surface area contributed by atoms with Gasteiger partial charge in [0.2, 0.25) is 0 Å². The standard InChI is InChI=1S/C24H22N4O2/c1-30-21-12-10-18(11-13-21)23-22(17-28(27-23)20-8-3-2-4-9-20)24(29)26-16-14-19-7-5-6-15-25-19/h2-13,15,17H,14,16H2,1H3,(H,26,29). The van der Waals surface area contributed by atoms with Gasteiger partial charge in [-0.1, -0.05) is 24.3 Å². The van der Waals surface area contributed by atoms with E-state index >= 15 is 0 Å². The quantitative estimate of drug-likeness (QED) is 0.512. The number of aromatic nitrogens is 3. The van der Waals surface area contributed by atoms with Gasteiger partial charge in [0.25, 0.3) is 5.91 Å². The van der Waals surface area contributed by atoms with Gasteiger partial charge in [-0.2, -0.15) is 5.10 Å². The summed E-state index contributed by atoms with van der Waals surface area (Å²) >= 11 is 0. The van der Waals surface area contributed by atoms with Crippen molar-refractivity contribution in [2.75, 3.05) is 13.7 Å². The van der Waals surface area contributed by atoms with Crippen molar-refractivity contribution in [1.29, 1.82) is 0 Å². The molecule has 6 heteroatoms. The molecule has 0 saturated carbocycles. The second-order valence-electron chi connectivity index (χ2n) is 6.73. The van der Waals surface area contributed by atoms with Gasteiger partial charge < -0.3 is 10.1 Å². The van der Waals surface area contributed by atoms with E-state index in [0.717, 1.165) is 22.7 Å². The highest BCUT2D eigenvalue weighted by Crippen LogP contribution is 2.26. The Balaban J connectivity index is 1.60. The van der Waals surface area contributed by atoms with Gasteiger partial charge in [0.15, 0.2) is 0 Å². The van der Waals surface area contributed by atoms with Crippen molar-refractivity contribution in [3.63, 3.8) is 0 Å². The van der Waals surface area contributed by atoms with E-state index in [9.17, 15) is 4.79 Å². The van der Waals surface area contributed by atoms with E-state index in [1.807, 2.05) is 72.8 Å². The molecule has 0 spiro atoms. The molecule has 0 unspecified atom stereocenters. The van der Waals surface area contributed by atoms with Crippen molar-refractivity contribution >= 4 is 5.91 Å². The topological polar surface area (TPSA) is 69.0 Å². The van der Waals surface area contributed by atoms with Gasteiger partial charge in [-0.3, -0.25) is 9.78 Å². The molecule has 6 nitrogen and oxygen atoms in total. The van der Waals surface area contributed by atoms with E-state index in [4.69, 9.17) is 9.84 Å². The van der Waals surface area contributed by atoms with Crippen LogP contribution in [-0.4, -0.2) is 34.3 Å². The van der Waals surface area contributed by atoms with Crippen molar-refractivity contribution in [2.24, 2.45) is 0 Å². The summed E-state index contributed by atoms with van der Waals surface area (Å²) in [4.78, 5) is 17.3. The average molecular weight is 398 g/mol. The van der Waals surface area contributed by atoms with Gasteiger partial charge in [-0.25, -0.2) is 4.68 Å². The van der Waals surface area contributed by atoms with Crippen LogP contribution in [0.15, 0.2) is 85.2 Å². The Bertz CT molecular complexity index is 1110. The first-order chi connectivity index (χ1) is 14.7. The van der Waals surface area contributed by atoms with Crippen LogP contribution >= 0.6 is 0 Å². The number of rotatable bonds is 7. The van der Waals surface area contributed by atoms with E-state index in [1.165, 1.54) is 0 Å². The Morgan fingerprint density at radius 2 is 1.77 bits per heavy atom. The van der Waals surface area contributed by atoms with Crippen molar-refractivity contribution in [1.82, 2.24) is 20.1 Å². The monoisotopic (exact) mass is 398 g/mol. The van der Waals surface area contributed by atoms with E-state index in [1.54, 1.807) is 24.2 Å². The van der Waals surface area contributed by atoms with E-state index in [-0.39, 0.29) is 5.91 Å². The summed E-state index contributed by atoms with van der Waals surface area (Å²) in [6, 6.07) is 23.0. The summed E-state index contributed by atoms with van der Waals surface area (Å²) in [7, 11) is 1.62. The van der Waals surface area contributed by atoms with Crippen molar-refractivity contribution in [2.45, 2.75) is 6.42 Å². The summed E-state index contributed by atoms with van der Waals surface area (Å²) < 4.78 is 6.97. The van der Waals surface area contributed by atoms with E-state index in [0.29, 0.717) is 24.2 Å². The Kier molecular flexibility index (Phi) is 5.85. The molecule has 150 valence electrons. The highest BCUT2D eigenvalue weighted by molar-refractivity contribution is 6.00.